The molecule has 0 fully saturated rings. The first kappa shape index (κ1) is 11.5. The van der Waals surface area contributed by atoms with E-state index in [0.29, 0.717) is 24.4 Å². The van der Waals surface area contributed by atoms with Gasteiger partial charge in [-0.3, -0.25) is 4.79 Å². The molecular formula is C11H16N2O2. The number of nitrogen functional groups attached to an aromatic ring is 1. The second-order valence-corrected chi connectivity index (χ2v) is 3.19. The van der Waals surface area contributed by atoms with E-state index in [2.05, 4.69) is 5.32 Å². The third-order valence-corrected chi connectivity index (χ3v) is 2.02. The molecule has 0 aliphatic carbocycles. The average Bonchev–Trinajstić information content (AvgIpc) is 2.25. The number of hydrogen-bond acceptors (Lipinski definition) is 3. The van der Waals surface area contributed by atoms with Gasteiger partial charge in [0.05, 0.1) is 5.56 Å². The van der Waals surface area contributed by atoms with Crippen molar-refractivity contribution in [1.82, 2.24) is 5.32 Å². The van der Waals surface area contributed by atoms with Crippen molar-refractivity contribution in [2.24, 2.45) is 0 Å². The van der Waals surface area contributed by atoms with Gasteiger partial charge in [-0.25, -0.2) is 0 Å². The van der Waals surface area contributed by atoms with Crippen LogP contribution in [0.4, 0.5) is 5.69 Å². The van der Waals surface area contributed by atoms with Crippen molar-refractivity contribution in [2.75, 3.05) is 26.0 Å². The van der Waals surface area contributed by atoms with Crippen LogP contribution in [0.15, 0.2) is 24.3 Å². The fraction of sp³-hybridized carbons (Fsp3) is 0.364. The third-order valence-electron chi connectivity index (χ3n) is 2.02. The van der Waals surface area contributed by atoms with Crippen LogP contribution in [0.25, 0.3) is 0 Å². The number of ether oxygens (including phenoxy) is 1. The Hall–Kier alpha value is -1.55. The maximum absolute atomic E-state index is 11.6. The lowest BCUT2D eigenvalue weighted by Gasteiger charge is -2.06. The Labute approximate surface area is 89.4 Å². The summed E-state index contributed by atoms with van der Waals surface area (Å²) in [4.78, 5) is 11.6. The van der Waals surface area contributed by atoms with Crippen LogP contribution in [0, 0.1) is 0 Å². The van der Waals surface area contributed by atoms with Crippen molar-refractivity contribution in [3.8, 4) is 0 Å². The second kappa shape index (κ2) is 6.03. The minimum absolute atomic E-state index is 0.135. The molecule has 82 valence electrons. The Morgan fingerprint density at radius 2 is 2.20 bits per heavy atom. The van der Waals surface area contributed by atoms with Crippen LogP contribution in [0.3, 0.4) is 0 Å². The van der Waals surface area contributed by atoms with Gasteiger partial charge in [-0.15, -0.1) is 0 Å². The summed E-state index contributed by atoms with van der Waals surface area (Å²) < 4.78 is 4.88. The monoisotopic (exact) mass is 208 g/mol. The zero-order valence-corrected chi connectivity index (χ0v) is 8.82. The molecule has 1 rings (SSSR count). The largest absolute Gasteiger partial charge is 0.398 e. The lowest BCUT2D eigenvalue weighted by Crippen LogP contribution is -2.25. The molecule has 4 heteroatoms. The van der Waals surface area contributed by atoms with E-state index in [-0.39, 0.29) is 5.91 Å². The maximum Gasteiger partial charge on any atom is 0.253 e. The summed E-state index contributed by atoms with van der Waals surface area (Å²) in [7, 11) is 1.64. The molecule has 15 heavy (non-hydrogen) atoms. The fourth-order valence-corrected chi connectivity index (χ4v) is 1.22. The van der Waals surface area contributed by atoms with Crippen LogP contribution in [0.2, 0.25) is 0 Å². The summed E-state index contributed by atoms with van der Waals surface area (Å²) in [5.74, 6) is -0.135. The second-order valence-electron chi connectivity index (χ2n) is 3.19. The molecule has 0 spiro atoms. The summed E-state index contributed by atoms with van der Waals surface area (Å²) in [6.07, 6.45) is 0.801. The number of para-hydroxylation sites is 1. The zero-order valence-electron chi connectivity index (χ0n) is 8.82. The predicted octanol–water partition coefficient (Wildman–Crippen LogP) is 1.04. The Bertz CT molecular complexity index is 326. The van der Waals surface area contributed by atoms with Crippen molar-refractivity contribution in [3.63, 3.8) is 0 Å². The first-order valence-electron chi connectivity index (χ1n) is 4.87. The molecule has 1 aromatic rings. The molecule has 0 bridgehead atoms. The number of carbonyl (C=O) groups is 1. The van der Waals surface area contributed by atoms with Gasteiger partial charge in [0.1, 0.15) is 0 Å². The van der Waals surface area contributed by atoms with Gasteiger partial charge < -0.3 is 15.8 Å². The van der Waals surface area contributed by atoms with Gasteiger partial charge in [-0.1, -0.05) is 12.1 Å². The summed E-state index contributed by atoms with van der Waals surface area (Å²) in [6.45, 7) is 1.24. The van der Waals surface area contributed by atoms with E-state index in [0.717, 1.165) is 6.42 Å². The van der Waals surface area contributed by atoms with Crippen molar-refractivity contribution in [2.45, 2.75) is 6.42 Å². The number of nitrogens with two attached hydrogens (primary N) is 1. The number of carbonyl (C=O) groups excluding carboxylic acids is 1. The summed E-state index contributed by atoms with van der Waals surface area (Å²) in [5.41, 5.74) is 6.69. The SMILES string of the molecule is COCCCNC(=O)c1ccccc1N. The molecule has 0 saturated carbocycles. The molecular weight excluding hydrogens is 192 g/mol. The van der Waals surface area contributed by atoms with Gasteiger partial charge in [0, 0.05) is 25.9 Å². The van der Waals surface area contributed by atoms with Crippen LogP contribution < -0.4 is 11.1 Å². The first-order chi connectivity index (χ1) is 7.25. The van der Waals surface area contributed by atoms with E-state index >= 15 is 0 Å². The average molecular weight is 208 g/mol. The quantitative estimate of drug-likeness (QED) is 0.561. The highest BCUT2D eigenvalue weighted by Gasteiger charge is 2.06. The number of benzene rings is 1. The Morgan fingerprint density at radius 1 is 1.47 bits per heavy atom. The van der Waals surface area contributed by atoms with Crippen LogP contribution in [-0.2, 0) is 4.74 Å². The highest BCUT2D eigenvalue weighted by Crippen LogP contribution is 2.09. The van der Waals surface area contributed by atoms with Crippen LogP contribution in [-0.4, -0.2) is 26.2 Å². The minimum atomic E-state index is -0.135. The number of anilines is 1. The molecule has 0 unspecified atom stereocenters. The van der Waals surface area contributed by atoms with Crippen LogP contribution in [0.5, 0.6) is 0 Å². The number of nitrogens with one attached hydrogen (secondary N) is 1. The normalized spacial score (nSPS) is 9.93. The van der Waals surface area contributed by atoms with E-state index in [4.69, 9.17) is 10.5 Å². The fourth-order valence-electron chi connectivity index (χ4n) is 1.22. The van der Waals surface area contributed by atoms with Crippen LogP contribution in [0.1, 0.15) is 16.8 Å². The van der Waals surface area contributed by atoms with Gasteiger partial charge in [-0.2, -0.15) is 0 Å². The highest BCUT2D eigenvalue weighted by atomic mass is 16.5. The van der Waals surface area contributed by atoms with E-state index in [1.807, 2.05) is 0 Å². The molecule has 0 saturated heterocycles. The molecule has 1 aromatic carbocycles. The zero-order chi connectivity index (χ0) is 11.1. The molecule has 1 amide bonds. The molecule has 0 aromatic heterocycles. The smallest absolute Gasteiger partial charge is 0.253 e. The van der Waals surface area contributed by atoms with Crippen molar-refractivity contribution < 1.29 is 9.53 Å². The predicted molar refractivity (Wildman–Crippen MR) is 59.7 cm³/mol. The Balaban J connectivity index is 2.44. The molecule has 0 radical (unpaired) electrons. The summed E-state index contributed by atoms with van der Waals surface area (Å²) in [5, 5.41) is 2.78. The van der Waals surface area contributed by atoms with E-state index < -0.39 is 0 Å². The topological polar surface area (TPSA) is 64.3 Å². The molecule has 0 atom stereocenters. The molecule has 4 nitrogen and oxygen atoms in total. The van der Waals surface area contributed by atoms with Crippen molar-refractivity contribution in [1.29, 1.82) is 0 Å². The lowest BCUT2D eigenvalue weighted by molar-refractivity contribution is 0.0949. The standard InChI is InChI=1S/C11H16N2O2/c1-15-8-4-7-13-11(14)9-5-2-3-6-10(9)12/h2-3,5-6H,4,7-8,12H2,1H3,(H,13,14). The van der Waals surface area contributed by atoms with E-state index in [9.17, 15) is 4.79 Å². The number of methoxy groups -OCH3 is 1. The van der Waals surface area contributed by atoms with Gasteiger partial charge in [0.2, 0.25) is 0 Å². The number of amides is 1. The van der Waals surface area contributed by atoms with Crippen molar-refractivity contribution >= 4 is 11.6 Å². The van der Waals surface area contributed by atoms with Gasteiger partial charge >= 0.3 is 0 Å². The molecule has 3 N–H and O–H groups in total. The van der Waals surface area contributed by atoms with E-state index in [1.54, 1.807) is 31.4 Å². The molecule has 0 aliphatic heterocycles. The lowest BCUT2D eigenvalue weighted by atomic mass is 10.1. The van der Waals surface area contributed by atoms with E-state index in [1.165, 1.54) is 0 Å². The molecule has 0 heterocycles. The van der Waals surface area contributed by atoms with Gasteiger partial charge in [-0.05, 0) is 18.6 Å². The highest BCUT2D eigenvalue weighted by molar-refractivity contribution is 5.98. The first-order valence-corrected chi connectivity index (χ1v) is 4.87. The summed E-state index contributed by atoms with van der Waals surface area (Å²) >= 11 is 0. The van der Waals surface area contributed by atoms with Gasteiger partial charge in [0.15, 0.2) is 0 Å². The molecule has 0 aliphatic rings. The Morgan fingerprint density at radius 3 is 2.87 bits per heavy atom. The maximum atomic E-state index is 11.6. The van der Waals surface area contributed by atoms with Crippen LogP contribution >= 0.6 is 0 Å². The minimum Gasteiger partial charge on any atom is -0.398 e. The third kappa shape index (κ3) is 3.59. The number of hydrogen-bond donors (Lipinski definition) is 2. The number of rotatable bonds is 5. The van der Waals surface area contributed by atoms with Gasteiger partial charge in [0.25, 0.3) is 5.91 Å². The Kier molecular flexibility index (Phi) is 4.63. The summed E-state index contributed by atoms with van der Waals surface area (Å²) in [6, 6.07) is 7.02. The van der Waals surface area contributed by atoms with Crippen molar-refractivity contribution in [3.05, 3.63) is 29.8 Å².